The molecule has 6 N–H and O–H groups in total. The topological polar surface area (TPSA) is 184 Å². The summed E-state index contributed by atoms with van der Waals surface area (Å²) in [6.45, 7) is 0. The molecule has 0 saturated heterocycles. The lowest BCUT2D eigenvalue weighted by Crippen LogP contribution is -2.51. The maximum Gasteiger partial charge on any atom is 0.326 e. The highest BCUT2D eigenvalue weighted by Gasteiger charge is 2.45. The van der Waals surface area contributed by atoms with Crippen LogP contribution in [0.2, 0.25) is 0 Å². The predicted molar refractivity (Wildman–Crippen MR) is 75.7 cm³/mol. The first-order chi connectivity index (χ1) is 11.1. The second-order valence-electron chi connectivity index (χ2n) is 5.84. The molecule has 10 heteroatoms. The van der Waals surface area contributed by atoms with Crippen LogP contribution >= 0.6 is 0 Å². The van der Waals surface area contributed by atoms with Gasteiger partial charge in [0.05, 0.1) is 11.6 Å². The number of aliphatic carboxylic acids is 3. The Kier molecular flexibility index (Phi) is 4.69. The highest BCUT2D eigenvalue weighted by molar-refractivity contribution is 6.45. The maximum atomic E-state index is 12.2. The number of hydrogen-bond acceptors (Lipinski definition) is 7. The van der Waals surface area contributed by atoms with Crippen molar-refractivity contribution in [3.05, 3.63) is 11.3 Å². The number of rotatable bonds is 5. The molecule has 1 aliphatic carbocycles. The molecule has 130 valence electrons. The Bertz CT molecular complexity index is 668. The average Bonchev–Trinajstić information content (AvgIpc) is 2.50. The van der Waals surface area contributed by atoms with E-state index in [-0.39, 0.29) is 30.5 Å². The van der Waals surface area contributed by atoms with Crippen molar-refractivity contribution < 1.29 is 39.3 Å². The van der Waals surface area contributed by atoms with Crippen molar-refractivity contribution in [3.8, 4) is 0 Å². The third-order valence-electron chi connectivity index (χ3n) is 4.27. The molecule has 2 aliphatic rings. The first-order valence-electron chi connectivity index (χ1n) is 7.15. The Hall–Kier alpha value is -2.75. The number of carbonyl (C=O) groups excluding carboxylic acids is 2. The molecule has 0 aromatic heterocycles. The van der Waals surface area contributed by atoms with Crippen LogP contribution in [0.5, 0.6) is 0 Å². The normalized spacial score (nSPS) is 28.0. The average molecular weight is 340 g/mol. The number of nitrogens with two attached hydrogens (primary N) is 1. The largest absolute Gasteiger partial charge is 0.481 e. The number of Topliss-reactive ketones (excluding diaryl/α,β-unsaturated/α-hetero) is 2. The molecule has 0 radical (unpaired) electrons. The Morgan fingerprint density at radius 2 is 1.79 bits per heavy atom. The van der Waals surface area contributed by atoms with Crippen molar-refractivity contribution in [1.82, 2.24) is 5.32 Å². The first kappa shape index (κ1) is 17.6. The van der Waals surface area contributed by atoms with Gasteiger partial charge in [-0.25, -0.2) is 4.79 Å². The van der Waals surface area contributed by atoms with E-state index in [1.54, 1.807) is 0 Å². The van der Waals surface area contributed by atoms with E-state index in [2.05, 4.69) is 5.32 Å². The van der Waals surface area contributed by atoms with Gasteiger partial charge in [-0.1, -0.05) is 0 Å². The molecule has 4 atom stereocenters. The Balaban J connectivity index is 2.37. The number of carboxylic acids is 3. The minimum atomic E-state index is -1.36. The zero-order valence-electron chi connectivity index (χ0n) is 12.4. The smallest absolute Gasteiger partial charge is 0.326 e. The van der Waals surface area contributed by atoms with Crippen molar-refractivity contribution >= 4 is 29.5 Å². The molecule has 0 saturated carbocycles. The van der Waals surface area contributed by atoms with Crippen LogP contribution in [0.4, 0.5) is 0 Å². The zero-order valence-corrected chi connectivity index (χ0v) is 12.4. The number of allylic oxidation sites excluding steroid dienone is 1. The van der Waals surface area contributed by atoms with Crippen molar-refractivity contribution in [2.45, 2.75) is 31.3 Å². The first-order valence-corrected chi connectivity index (χ1v) is 7.15. The maximum absolute atomic E-state index is 12.2. The van der Waals surface area contributed by atoms with Gasteiger partial charge in [0.15, 0.2) is 0 Å². The van der Waals surface area contributed by atoms with E-state index in [4.69, 9.17) is 15.9 Å². The molecule has 0 amide bonds. The number of ketones is 2. The molecule has 24 heavy (non-hydrogen) atoms. The van der Waals surface area contributed by atoms with Crippen LogP contribution < -0.4 is 11.1 Å². The fraction of sp³-hybridized carbons (Fsp3) is 0.500. The number of nitrogens with one attached hydrogen (secondary N) is 1. The second kappa shape index (κ2) is 6.40. The predicted octanol–water partition coefficient (Wildman–Crippen LogP) is -1.65. The van der Waals surface area contributed by atoms with Crippen LogP contribution in [0, 0.1) is 11.8 Å². The molecule has 0 aromatic carbocycles. The minimum Gasteiger partial charge on any atom is -0.481 e. The summed E-state index contributed by atoms with van der Waals surface area (Å²) in [7, 11) is 0. The molecule has 10 nitrogen and oxygen atoms in total. The van der Waals surface area contributed by atoms with E-state index >= 15 is 0 Å². The highest BCUT2D eigenvalue weighted by atomic mass is 16.4. The number of carboxylic acid groups (broad SMARTS) is 3. The van der Waals surface area contributed by atoms with Gasteiger partial charge in [-0.05, 0) is 24.8 Å². The van der Waals surface area contributed by atoms with E-state index < -0.39 is 53.4 Å². The van der Waals surface area contributed by atoms with Crippen LogP contribution in [0.1, 0.15) is 19.3 Å². The number of hydrogen-bond donors (Lipinski definition) is 5. The molecule has 0 spiro atoms. The van der Waals surface area contributed by atoms with E-state index in [0.717, 1.165) is 0 Å². The summed E-state index contributed by atoms with van der Waals surface area (Å²) in [6, 6.07) is -2.65. The Morgan fingerprint density at radius 1 is 1.17 bits per heavy atom. The summed E-state index contributed by atoms with van der Waals surface area (Å²) in [4.78, 5) is 57.7. The molecule has 2 rings (SSSR count). The summed E-state index contributed by atoms with van der Waals surface area (Å²) in [5.74, 6) is -8.17. The summed E-state index contributed by atoms with van der Waals surface area (Å²) >= 11 is 0. The van der Waals surface area contributed by atoms with Crippen LogP contribution in [-0.4, -0.2) is 56.9 Å². The standard InChI is InChI=1S/C14H16N2O8/c15-7(13(21)22)2-4-1-5-6(12(19)20)3-8(14(23)24)16-9(5)11(18)10(4)17/h4,6-8,16H,1-3,15H2,(H,19,20)(H,21,22)(H,23,24). The molecule has 1 heterocycles. The molecular weight excluding hydrogens is 324 g/mol. The van der Waals surface area contributed by atoms with Gasteiger partial charge in [-0.15, -0.1) is 0 Å². The molecule has 0 bridgehead atoms. The van der Waals surface area contributed by atoms with Gasteiger partial charge in [0, 0.05) is 5.92 Å². The van der Waals surface area contributed by atoms with E-state index in [0.29, 0.717) is 0 Å². The van der Waals surface area contributed by atoms with Gasteiger partial charge in [-0.2, -0.15) is 0 Å². The minimum absolute atomic E-state index is 0.118. The third kappa shape index (κ3) is 3.13. The fourth-order valence-corrected chi connectivity index (χ4v) is 3.01. The van der Waals surface area contributed by atoms with Gasteiger partial charge in [-0.3, -0.25) is 19.2 Å². The van der Waals surface area contributed by atoms with Gasteiger partial charge in [0.25, 0.3) is 0 Å². The Labute approximate surface area is 135 Å². The van der Waals surface area contributed by atoms with E-state index in [9.17, 15) is 29.1 Å². The third-order valence-corrected chi connectivity index (χ3v) is 4.27. The molecule has 0 fully saturated rings. The van der Waals surface area contributed by atoms with Gasteiger partial charge >= 0.3 is 17.9 Å². The number of carbonyl (C=O) groups is 5. The van der Waals surface area contributed by atoms with Crippen LogP contribution in [-0.2, 0) is 24.0 Å². The van der Waals surface area contributed by atoms with E-state index in [1.807, 2.05) is 0 Å². The van der Waals surface area contributed by atoms with Crippen LogP contribution in [0.3, 0.4) is 0 Å². The molecular formula is C14H16N2O8. The summed E-state index contributed by atoms with van der Waals surface area (Å²) in [5, 5.41) is 29.6. The highest BCUT2D eigenvalue weighted by Crippen LogP contribution is 2.36. The van der Waals surface area contributed by atoms with Gasteiger partial charge in [0.2, 0.25) is 11.6 Å². The lowest BCUT2D eigenvalue weighted by molar-refractivity contribution is -0.146. The summed E-state index contributed by atoms with van der Waals surface area (Å²) in [6.07, 6.45) is -0.717. The lowest BCUT2D eigenvalue weighted by atomic mass is 9.73. The van der Waals surface area contributed by atoms with Crippen molar-refractivity contribution in [1.29, 1.82) is 0 Å². The van der Waals surface area contributed by atoms with Crippen molar-refractivity contribution in [3.63, 3.8) is 0 Å². The van der Waals surface area contributed by atoms with Gasteiger partial charge < -0.3 is 26.4 Å². The van der Waals surface area contributed by atoms with Crippen LogP contribution in [0.15, 0.2) is 11.3 Å². The van der Waals surface area contributed by atoms with Crippen molar-refractivity contribution in [2.75, 3.05) is 0 Å². The second-order valence-corrected chi connectivity index (χ2v) is 5.84. The van der Waals surface area contributed by atoms with Crippen LogP contribution in [0.25, 0.3) is 0 Å². The Morgan fingerprint density at radius 3 is 2.29 bits per heavy atom. The quantitative estimate of drug-likeness (QED) is 0.363. The lowest BCUT2D eigenvalue weighted by Gasteiger charge is -2.35. The summed E-state index contributed by atoms with van der Waals surface area (Å²) < 4.78 is 0. The molecule has 4 unspecified atom stereocenters. The van der Waals surface area contributed by atoms with E-state index in [1.165, 1.54) is 0 Å². The monoisotopic (exact) mass is 340 g/mol. The fourth-order valence-electron chi connectivity index (χ4n) is 3.01. The molecule has 0 aromatic rings. The zero-order chi connectivity index (χ0) is 18.2. The molecule has 1 aliphatic heterocycles. The van der Waals surface area contributed by atoms with Crippen molar-refractivity contribution in [2.24, 2.45) is 17.6 Å². The SMILES string of the molecule is NC(CC1CC2=C(NC(C(=O)O)CC2C(=O)O)C(=O)C1=O)C(=O)O. The summed E-state index contributed by atoms with van der Waals surface area (Å²) in [5.41, 5.74) is 5.21. The van der Waals surface area contributed by atoms with Gasteiger partial charge in [0.1, 0.15) is 12.1 Å².